The molecule has 23 heavy (non-hydrogen) atoms. The van der Waals surface area contributed by atoms with Crippen molar-refractivity contribution >= 4 is 27.8 Å². The molecule has 1 aromatic heterocycles. The lowest BCUT2D eigenvalue weighted by atomic mass is 10.3. The number of nitrogens with zero attached hydrogens (tertiary/aromatic N) is 5. The molecule has 128 valence electrons. The van der Waals surface area contributed by atoms with Gasteiger partial charge in [-0.3, -0.25) is 4.99 Å². The number of alkyl halides is 2. The number of nitrogens with one attached hydrogen (secondary N) is 1. The van der Waals surface area contributed by atoms with E-state index in [0.717, 1.165) is 0 Å². The summed E-state index contributed by atoms with van der Waals surface area (Å²) in [5.41, 5.74) is 0. The maximum atomic E-state index is 12.3. The van der Waals surface area contributed by atoms with Crippen molar-refractivity contribution in [3.05, 3.63) is 10.7 Å². The fraction of sp³-hybridized carbons (Fsp3) is 0.615. The van der Waals surface area contributed by atoms with Crippen LogP contribution < -0.4 is 15.0 Å². The molecule has 7 nitrogen and oxygen atoms in total. The van der Waals surface area contributed by atoms with Crippen molar-refractivity contribution in [1.82, 2.24) is 20.2 Å². The average Bonchev–Trinajstić information content (AvgIpc) is 2.56. The van der Waals surface area contributed by atoms with Crippen LogP contribution in [0.4, 0.5) is 14.7 Å². The van der Waals surface area contributed by atoms with Crippen LogP contribution in [0.5, 0.6) is 5.88 Å². The van der Waals surface area contributed by atoms with Crippen LogP contribution in [0.3, 0.4) is 0 Å². The molecular formula is C13H19BrF2N6O. The molecule has 0 amide bonds. The smallest absolute Gasteiger partial charge is 0.255 e. The number of rotatable bonds is 4. The summed E-state index contributed by atoms with van der Waals surface area (Å²) in [6.07, 6.45) is -0.756. The van der Waals surface area contributed by atoms with Crippen LogP contribution in [0, 0.1) is 0 Å². The number of hydrogen-bond acceptors (Lipinski definition) is 5. The first-order valence-electron chi connectivity index (χ1n) is 7.10. The molecule has 1 aromatic rings. The molecule has 0 aliphatic carbocycles. The predicted molar refractivity (Wildman–Crippen MR) is 87.4 cm³/mol. The van der Waals surface area contributed by atoms with Crippen molar-refractivity contribution in [2.45, 2.75) is 6.43 Å². The first kappa shape index (κ1) is 17.6. The number of piperazine rings is 1. The third-order valence-corrected chi connectivity index (χ3v) is 3.92. The van der Waals surface area contributed by atoms with Gasteiger partial charge in [-0.1, -0.05) is 0 Å². The number of methoxy groups -OCH3 is 1. The Labute approximate surface area is 141 Å². The second-order valence-electron chi connectivity index (χ2n) is 4.82. The first-order valence-corrected chi connectivity index (χ1v) is 7.89. The molecule has 2 heterocycles. The zero-order valence-corrected chi connectivity index (χ0v) is 14.6. The van der Waals surface area contributed by atoms with E-state index in [9.17, 15) is 8.78 Å². The van der Waals surface area contributed by atoms with E-state index in [4.69, 9.17) is 4.74 Å². The monoisotopic (exact) mass is 392 g/mol. The summed E-state index contributed by atoms with van der Waals surface area (Å²) in [4.78, 5) is 16.6. The Morgan fingerprint density at radius 3 is 2.70 bits per heavy atom. The van der Waals surface area contributed by atoms with Gasteiger partial charge in [0, 0.05) is 33.2 Å². The first-order chi connectivity index (χ1) is 11.0. The number of halogens is 3. The van der Waals surface area contributed by atoms with Gasteiger partial charge in [-0.25, -0.2) is 13.8 Å². The molecule has 0 radical (unpaired) electrons. The molecule has 1 N–H and O–H groups in total. The molecule has 1 saturated heterocycles. The van der Waals surface area contributed by atoms with Gasteiger partial charge in [0.05, 0.1) is 24.3 Å². The fourth-order valence-electron chi connectivity index (χ4n) is 2.26. The minimum absolute atomic E-state index is 0.403. The Hall–Kier alpha value is -1.71. The summed E-state index contributed by atoms with van der Waals surface area (Å²) in [5.74, 6) is 1.55. The van der Waals surface area contributed by atoms with E-state index >= 15 is 0 Å². The second kappa shape index (κ2) is 8.23. The Kier molecular flexibility index (Phi) is 6.31. The molecule has 2 rings (SSSR count). The van der Waals surface area contributed by atoms with Crippen LogP contribution in [0.25, 0.3) is 0 Å². The fourth-order valence-corrected chi connectivity index (χ4v) is 2.61. The minimum atomic E-state index is -2.41. The van der Waals surface area contributed by atoms with E-state index in [2.05, 4.69) is 36.2 Å². The average molecular weight is 393 g/mol. The molecule has 0 bridgehead atoms. The van der Waals surface area contributed by atoms with E-state index in [1.165, 1.54) is 0 Å². The van der Waals surface area contributed by atoms with E-state index in [0.29, 0.717) is 48.4 Å². The Balaban J connectivity index is 1.95. The number of anilines is 1. The zero-order valence-electron chi connectivity index (χ0n) is 13.0. The molecule has 0 spiro atoms. The highest BCUT2D eigenvalue weighted by molar-refractivity contribution is 9.10. The molecule has 0 aromatic carbocycles. The van der Waals surface area contributed by atoms with E-state index in [1.807, 2.05) is 9.80 Å². The highest BCUT2D eigenvalue weighted by atomic mass is 79.9. The summed E-state index contributed by atoms with van der Waals surface area (Å²) < 4.78 is 30.5. The lowest BCUT2D eigenvalue weighted by Gasteiger charge is -2.36. The summed E-state index contributed by atoms with van der Waals surface area (Å²) in [5, 5.41) is 2.67. The van der Waals surface area contributed by atoms with E-state index in [1.54, 1.807) is 20.4 Å². The largest absolute Gasteiger partial charge is 0.480 e. The third kappa shape index (κ3) is 4.63. The van der Waals surface area contributed by atoms with Crippen LogP contribution >= 0.6 is 15.9 Å². The standard InChI is InChI=1S/C13H19BrF2N6O/c1-17-12(19-8-10(15)16)21-3-5-22(6-4-21)13-18-7-9(14)11(20-13)23-2/h7,10H,3-6,8H2,1-2H3,(H,17,19). The number of guanidine groups is 1. The van der Waals surface area contributed by atoms with Crippen LogP contribution in [0.15, 0.2) is 15.7 Å². The lowest BCUT2D eigenvalue weighted by molar-refractivity contribution is 0.150. The quantitative estimate of drug-likeness (QED) is 0.613. The van der Waals surface area contributed by atoms with Gasteiger partial charge < -0.3 is 19.9 Å². The molecule has 0 unspecified atom stereocenters. The van der Waals surface area contributed by atoms with Gasteiger partial charge in [0.15, 0.2) is 5.96 Å². The van der Waals surface area contributed by atoms with Gasteiger partial charge in [-0.15, -0.1) is 0 Å². The van der Waals surface area contributed by atoms with Crippen molar-refractivity contribution in [3.8, 4) is 5.88 Å². The Morgan fingerprint density at radius 2 is 2.13 bits per heavy atom. The van der Waals surface area contributed by atoms with E-state index in [-0.39, 0.29) is 0 Å². The summed E-state index contributed by atoms with van der Waals surface area (Å²) in [7, 11) is 3.14. The number of hydrogen-bond donors (Lipinski definition) is 1. The van der Waals surface area contributed by atoms with E-state index < -0.39 is 13.0 Å². The van der Waals surface area contributed by atoms with Gasteiger partial charge in [0.2, 0.25) is 11.8 Å². The molecule has 10 heteroatoms. The van der Waals surface area contributed by atoms with Crippen molar-refractivity contribution < 1.29 is 13.5 Å². The van der Waals surface area contributed by atoms with Crippen molar-refractivity contribution in [2.75, 3.05) is 51.8 Å². The maximum absolute atomic E-state index is 12.3. The molecule has 1 aliphatic heterocycles. The third-order valence-electron chi connectivity index (χ3n) is 3.38. The molecule has 1 fully saturated rings. The summed E-state index contributed by atoms with van der Waals surface area (Å²) in [6.45, 7) is 2.22. The highest BCUT2D eigenvalue weighted by Crippen LogP contribution is 2.23. The molecule has 0 saturated carbocycles. The van der Waals surface area contributed by atoms with Crippen LogP contribution in [0.1, 0.15) is 0 Å². The number of ether oxygens (including phenoxy) is 1. The van der Waals surface area contributed by atoms with Gasteiger partial charge in [-0.2, -0.15) is 4.98 Å². The minimum Gasteiger partial charge on any atom is -0.480 e. The van der Waals surface area contributed by atoms with Crippen LogP contribution in [-0.4, -0.2) is 74.1 Å². The van der Waals surface area contributed by atoms with Gasteiger partial charge in [0.1, 0.15) is 0 Å². The SMILES string of the molecule is CN=C(NCC(F)F)N1CCN(c2ncc(Br)c(OC)n2)CC1. The predicted octanol–water partition coefficient (Wildman–Crippen LogP) is 1.21. The highest BCUT2D eigenvalue weighted by Gasteiger charge is 2.22. The second-order valence-corrected chi connectivity index (χ2v) is 5.67. The maximum Gasteiger partial charge on any atom is 0.255 e. The molecular weight excluding hydrogens is 374 g/mol. The van der Waals surface area contributed by atoms with Crippen molar-refractivity contribution in [1.29, 1.82) is 0 Å². The Morgan fingerprint density at radius 1 is 1.43 bits per heavy atom. The lowest BCUT2D eigenvalue weighted by Crippen LogP contribution is -2.53. The summed E-state index contributed by atoms with van der Waals surface area (Å²) >= 11 is 3.32. The zero-order chi connectivity index (χ0) is 16.8. The van der Waals surface area contributed by atoms with Crippen molar-refractivity contribution in [3.63, 3.8) is 0 Å². The van der Waals surface area contributed by atoms with Crippen LogP contribution in [-0.2, 0) is 0 Å². The van der Waals surface area contributed by atoms with Crippen molar-refractivity contribution in [2.24, 2.45) is 4.99 Å². The number of aliphatic imine (C=N–C) groups is 1. The molecule has 1 aliphatic rings. The van der Waals surface area contributed by atoms with Gasteiger partial charge in [-0.05, 0) is 15.9 Å². The summed E-state index contributed by atoms with van der Waals surface area (Å²) in [6, 6.07) is 0. The normalized spacial score (nSPS) is 16.0. The van der Waals surface area contributed by atoms with Gasteiger partial charge in [0.25, 0.3) is 6.43 Å². The molecule has 0 atom stereocenters. The Bertz CT molecular complexity index is 551. The van der Waals surface area contributed by atoms with Crippen LogP contribution in [0.2, 0.25) is 0 Å². The van der Waals surface area contributed by atoms with Gasteiger partial charge >= 0.3 is 0 Å². The topological polar surface area (TPSA) is 65.9 Å². The number of aromatic nitrogens is 2.